The topological polar surface area (TPSA) is 94.3 Å². The number of methoxy groups -OCH3 is 1. The van der Waals surface area contributed by atoms with Crippen molar-refractivity contribution < 1.29 is 9.53 Å². The van der Waals surface area contributed by atoms with Crippen molar-refractivity contribution in [3.63, 3.8) is 0 Å². The number of aromatic nitrogens is 5. The molecule has 8 heteroatoms. The Balaban J connectivity index is 1.71. The van der Waals surface area contributed by atoms with Crippen molar-refractivity contribution in [2.24, 2.45) is 0 Å². The second-order valence-corrected chi connectivity index (χ2v) is 5.79. The number of amides is 1. The number of hydrogen-bond acceptors (Lipinski definition) is 6. The van der Waals surface area contributed by atoms with Gasteiger partial charge in [0.2, 0.25) is 0 Å². The summed E-state index contributed by atoms with van der Waals surface area (Å²) in [5, 5.41) is 15.2. The predicted molar refractivity (Wildman–Crippen MR) is 98.2 cm³/mol. The molecule has 0 saturated heterocycles. The number of ether oxygens (including phenoxy) is 1. The summed E-state index contributed by atoms with van der Waals surface area (Å²) < 4.78 is 6.93. The Morgan fingerprint density at radius 3 is 2.89 bits per heavy atom. The largest absolute Gasteiger partial charge is 0.496 e. The molecule has 0 radical (unpaired) electrons. The maximum absolute atomic E-state index is 12.6. The lowest BCUT2D eigenvalue weighted by Gasteiger charge is -2.11. The molecule has 4 rings (SSSR count). The molecule has 3 aromatic heterocycles. The first-order chi connectivity index (χ1) is 13.3. The molecule has 0 bridgehead atoms. The maximum Gasteiger partial charge on any atom is 0.272 e. The zero-order valence-corrected chi connectivity index (χ0v) is 14.5. The van der Waals surface area contributed by atoms with Crippen molar-refractivity contribution in [2.75, 3.05) is 7.11 Å². The molecule has 0 saturated carbocycles. The third-order valence-electron chi connectivity index (χ3n) is 4.07. The van der Waals surface area contributed by atoms with Gasteiger partial charge in [0, 0.05) is 30.1 Å². The molecule has 0 aliphatic rings. The molecule has 0 fully saturated rings. The van der Waals surface area contributed by atoms with Crippen LogP contribution in [-0.2, 0) is 6.54 Å². The first-order valence-electron chi connectivity index (χ1n) is 8.28. The molecule has 4 aromatic rings. The number of carbonyl (C=O) groups is 1. The van der Waals surface area contributed by atoms with Crippen LogP contribution in [0.15, 0.2) is 61.2 Å². The minimum Gasteiger partial charge on any atom is -0.496 e. The van der Waals surface area contributed by atoms with Crippen molar-refractivity contribution in [3.05, 3.63) is 72.4 Å². The van der Waals surface area contributed by atoms with Gasteiger partial charge in [-0.05, 0) is 23.8 Å². The lowest BCUT2D eigenvalue weighted by Crippen LogP contribution is -2.24. The summed E-state index contributed by atoms with van der Waals surface area (Å²) in [6, 6.07) is 12.9. The van der Waals surface area contributed by atoms with Gasteiger partial charge in [-0.15, -0.1) is 10.2 Å². The van der Waals surface area contributed by atoms with Crippen LogP contribution in [-0.4, -0.2) is 37.8 Å². The van der Waals surface area contributed by atoms with Gasteiger partial charge in [-0.3, -0.25) is 9.78 Å². The molecule has 1 aromatic carbocycles. The minimum absolute atomic E-state index is 0.257. The van der Waals surface area contributed by atoms with Gasteiger partial charge in [0.25, 0.3) is 5.91 Å². The molecule has 0 spiro atoms. The van der Waals surface area contributed by atoms with E-state index >= 15 is 0 Å². The minimum atomic E-state index is -0.300. The van der Waals surface area contributed by atoms with E-state index in [2.05, 4.69) is 25.6 Å². The first kappa shape index (κ1) is 16.6. The van der Waals surface area contributed by atoms with E-state index in [1.807, 2.05) is 36.4 Å². The van der Waals surface area contributed by atoms with Crippen molar-refractivity contribution >= 4 is 11.6 Å². The number of benzene rings is 1. The third kappa shape index (κ3) is 3.32. The smallest absolute Gasteiger partial charge is 0.272 e. The van der Waals surface area contributed by atoms with E-state index in [4.69, 9.17) is 4.74 Å². The lowest BCUT2D eigenvalue weighted by atomic mass is 10.1. The van der Waals surface area contributed by atoms with Crippen LogP contribution in [0, 0.1) is 0 Å². The number of pyridine rings is 1. The van der Waals surface area contributed by atoms with Crippen molar-refractivity contribution in [2.45, 2.75) is 6.54 Å². The predicted octanol–water partition coefficient (Wildman–Crippen LogP) is 2.12. The van der Waals surface area contributed by atoms with E-state index in [-0.39, 0.29) is 11.6 Å². The Morgan fingerprint density at radius 2 is 2.07 bits per heavy atom. The van der Waals surface area contributed by atoms with Crippen LogP contribution in [0.1, 0.15) is 16.1 Å². The zero-order chi connectivity index (χ0) is 18.6. The number of fused-ring (bicyclic) bond motifs is 1. The molecule has 8 nitrogen and oxygen atoms in total. The molecule has 0 unspecified atom stereocenters. The van der Waals surface area contributed by atoms with Crippen molar-refractivity contribution in [1.82, 2.24) is 30.1 Å². The Labute approximate surface area is 154 Å². The highest BCUT2D eigenvalue weighted by Crippen LogP contribution is 2.32. The number of nitrogens with zero attached hydrogens (tertiary/aromatic N) is 5. The summed E-state index contributed by atoms with van der Waals surface area (Å²) in [4.78, 5) is 16.7. The summed E-state index contributed by atoms with van der Waals surface area (Å²) >= 11 is 0. The van der Waals surface area contributed by atoms with Crippen LogP contribution < -0.4 is 10.1 Å². The molecule has 0 aliphatic heterocycles. The summed E-state index contributed by atoms with van der Waals surface area (Å²) in [5.41, 5.74) is 3.23. The van der Waals surface area contributed by atoms with Crippen LogP contribution >= 0.6 is 0 Å². The van der Waals surface area contributed by atoms with E-state index in [0.717, 1.165) is 11.1 Å². The van der Waals surface area contributed by atoms with Crippen LogP contribution in [0.5, 0.6) is 5.75 Å². The monoisotopic (exact) mass is 360 g/mol. The molecule has 0 aliphatic carbocycles. The number of hydrogen-bond donors (Lipinski definition) is 1. The van der Waals surface area contributed by atoms with E-state index < -0.39 is 0 Å². The van der Waals surface area contributed by atoms with Gasteiger partial charge in [-0.2, -0.15) is 9.61 Å². The molecular formula is C19H16N6O2. The maximum atomic E-state index is 12.6. The number of carbonyl (C=O) groups excluding carboxylic acids is 1. The quantitative estimate of drug-likeness (QED) is 0.586. The van der Waals surface area contributed by atoms with Crippen molar-refractivity contribution in [3.8, 4) is 16.9 Å². The normalized spacial score (nSPS) is 10.7. The van der Waals surface area contributed by atoms with Crippen LogP contribution in [0.4, 0.5) is 0 Å². The summed E-state index contributed by atoms with van der Waals surface area (Å²) in [6.45, 7) is 0.360. The number of para-hydroxylation sites is 1. The molecule has 1 amide bonds. The highest BCUT2D eigenvalue weighted by molar-refractivity contribution is 5.95. The SMILES string of the molecule is COc1ccccc1-c1cc(C(=O)NCc2cccnc2)nn2cnnc12. The Bertz CT molecular complexity index is 1090. The van der Waals surface area contributed by atoms with E-state index in [9.17, 15) is 4.79 Å². The lowest BCUT2D eigenvalue weighted by molar-refractivity contribution is 0.0944. The standard InChI is InChI=1S/C19H16N6O2/c1-27-17-7-3-2-6-14(17)15-9-16(24-25-12-22-23-18(15)25)19(26)21-11-13-5-4-8-20-10-13/h2-10,12H,11H2,1H3,(H,21,26). The summed E-state index contributed by atoms with van der Waals surface area (Å²) in [6.07, 6.45) is 4.86. The number of rotatable bonds is 5. The van der Waals surface area contributed by atoms with Crippen molar-refractivity contribution in [1.29, 1.82) is 0 Å². The van der Waals surface area contributed by atoms with E-state index in [1.165, 1.54) is 10.8 Å². The van der Waals surface area contributed by atoms with Gasteiger partial charge in [-0.1, -0.05) is 24.3 Å². The van der Waals surface area contributed by atoms with E-state index in [0.29, 0.717) is 23.5 Å². The third-order valence-corrected chi connectivity index (χ3v) is 4.07. The average Bonchev–Trinajstić information content (AvgIpc) is 3.20. The van der Waals surface area contributed by atoms with Gasteiger partial charge >= 0.3 is 0 Å². The van der Waals surface area contributed by atoms with Crippen LogP contribution in [0.3, 0.4) is 0 Å². The number of nitrogens with one attached hydrogen (secondary N) is 1. The fourth-order valence-corrected chi connectivity index (χ4v) is 2.78. The highest BCUT2D eigenvalue weighted by atomic mass is 16.5. The Kier molecular flexibility index (Phi) is 4.44. The van der Waals surface area contributed by atoms with Gasteiger partial charge in [0.05, 0.1) is 7.11 Å². The average molecular weight is 360 g/mol. The summed E-state index contributed by atoms with van der Waals surface area (Å²) in [5.74, 6) is 0.376. The van der Waals surface area contributed by atoms with Crippen LogP contribution in [0.2, 0.25) is 0 Å². The molecular weight excluding hydrogens is 344 g/mol. The van der Waals surface area contributed by atoms with E-state index in [1.54, 1.807) is 25.6 Å². The van der Waals surface area contributed by atoms with Gasteiger partial charge < -0.3 is 10.1 Å². The summed E-state index contributed by atoms with van der Waals surface area (Å²) in [7, 11) is 1.60. The fraction of sp³-hybridized carbons (Fsp3) is 0.105. The molecule has 0 atom stereocenters. The van der Waals surface area contributed by atoms with Gasteiger partial charge in [0.15, 0.2) is 5.65 Å². The van der Waals surface area contributed by atoms with Gasteiger partial charge in [-0.25, -0.2) is 0 Å². The molecule has 1 N–H and O–H groups in total. The highest BCUT2D eigenvalue weighted by Gasteiger charge is 2.17. The molecule has 134 valence electrons. The second kappa shape index (κ2) is 7.20. The Morgan fingerprint density at radius 1 is 1.19 bits per heavy atom. The zero-order valence-electron chi connectivity index (χ0n) is 14.5. The molecule has 3 heterocycles. The molecule has 27 heavy (non-hydrogen) atoms. The second-order valence-electron chi connectivity index (χ2n) is 5.79. The first-order valence-corrected chi connectivity index (χ1v) is 8.28. The fourth-order valence-electron chi connectivity index (χ4n) is 2.78. The van der Waals surface area contributed by atoms with Crippen LogP contribution in [0.25, 0.3) is 16.8 Å². The Hall–Kier alpha value is -3.81. The van der Waals surface area contributed by atoms with Gasteiger partial charge in [0.1, 0.15) is 17.8 Å².